The van der Waals surface area contributed by atoms with E-state index >= 15 is 0 Å². The highest BCUT2D eigenvalue weighted by Crippen LogP contribution is 2.62. The Morgan fingerprint density at radius 3 is 3.41 bits per heavy atom. The number of rotatable bonds is 2. The maximum absolute atomic E-state index is 8.70. The molecule has 1 fully saturated rings. The topological polar surface area (TPSA) is 41.9 Å². The fourth-order valence-corrected chi connectivity index (χ4v) is 4.98. The van der Waals surface area contributed by atoms with Crippen LogP contribution in [0.4, 0.5) is 0 Å². The van der Waals surface area contributed by atoms with Crippen molar-refractivity contribution in [2.45, 2.75) is 36.5 Å². The minimum atomic E-state index is -2.81. The maximum atomic E-state index is 8.70. The Morgan fingerprint density at radius 2 is 2.55 bits per heavy atom. The van der Waals surface area contributed by atoms with Gasteiger partial charge < -0.3 is 19.5 Å². The van der Waals surface area contributed by atoms with Crippen LogP contribution in [-0.2, 0) is 11.8 Å². The third kappa shape index (κ3) is 1.28. The number of likely N-dealkylation sites (N-methyl/N-ethyl adjacent to an activating group) is 1. The summed E-state index contributed by atoms with van der Waals surface area (Å²) in [7, 11) is -0.795. The average Bonchev–Trinajstić information content (AvgIpc) is 3.00. The Hall–Kier alpha value is -1.52. The molecular formula is C18H21NO3. The Kier molecular flexibility index (Phi) is 1.45. The second kappa shape index (κ2) is 4.06. The van der Waals surface area contributed by atoms with Crippen LogP contribution in [0.15, 0.2) is 24.2 Å². The monoisotopic (exact) mass is 306 g/mol. The van der Waals surface area contributed by atoms with Gasteiger partial charge in [-0.05, 0) is 38.0 Å². The van der Waals surface area contributed by atoms with Crippen molar-refractivity contribution in [3.8, 4) is 11.5 Å². The van der Waals surface area contributed by atoms with Gasteiger partial charge in [-0.25, -0.2) is 0 Å². The normalized spacial score (nSPS) is 49.5. The van der Waals surface area contributed by atoms with E-state index in [9.17, 15) is 0 Å². The molecule has 4 nitrogen and oxygen atoms in total. The fraction of sp³-hybridized carbons (Fsp3) is 0.556. The molecule has 1 spiro atoms. The van der Waals surface area contributed by atoms with E-state index in [0.717, 1.165) is 6.54 Å². The zero-order chi connectivity index (χ0) is 20.9. The molecule has 2 aliphatic carbocycles. The lowest BCUT2D eigenvalue weighted by atomic mass is 9.53. The van der Waals surface area contributed by atoms with E-state index < -0.39 is 24.6 Å². The summed E-state index contributed by atoms with van der Waals surface area (Å²) in [5.74, 6) is -0.210. The molecule has 5 rings (SSSR count). The molecule has 2 bridgehead atoms. The summed E-state index contributed by atoms with van der Waals surface area (Å²) >= 11 is 0. The van der Waals surface area contributed by atoms with Gasteiger partial charge in [-0.15, -0.1) is 0 Å². The fourth-order valence-electron chi connectivity index (χ4n) is 4.98. The van der Waals surface area contributed by atoms with E-state index in [2.05, 4.69) is 4.90 Å². The number of piperidine rings is 1. The van der Waals surface area contributed by atoms with Gasteiger partial charge in [0.2, 0.25) is 1.43 Å². The van der Waals surface area contributed by atoms with E-state index in [0.29, 0.717) is 24.0 Å². The Labute approximate surface area is 140 Å². The third-order valence-electron chi connectivity index (χ3n) is 5.93. The molecule has 1 aromatic rings. The van der Waals surface area contributed by atoms with Gasteiger partial charge in [-0.2, -0.15) is 0 Å². The first-order valence-corrected chi connectivity index (χ1v) is 7.59. The SMILES string of the molecule is [2H]OC1([2H])C=C[C@H]2[C@H]3Cc4c([2H])c([2H])c(OC([2H])([2H])[2H])c5c4[C@@]2(CCN3C)C1O5. The summed E-state index contributed by atoms with van der Waals surface area (Å²) in [6.07, 6.45) is 1.89. The first-order valence-electron chi connectivity index (χ1n) is 11.0. The van der Waals surface area contributed by atoms with Gasteiger partial charge in [-0.1, -0.05) is 18.2 Å². The summed E-state index contributed by atoms with van der Waals surface area (Å²) in [5, 5.41) is 4.80. The molecule has 1 saturated heterocycles. The Morgan fingerprint density at radius 1 is 1.59 bits per heavy atom. The Balaban J connectivity index is 1.83. The largest absolute Gasteiger partial charge is 0.493 e. The number of benzene rings is 1. The maximum Gasteiger partial charge on any atom is 0.211 e. The van der Waals surface area contributed by atoms with Gasteiger partial charge >= 0.3 is 0 Å². The summed E-state index contributed by atoms with van der Waals surface area (Å²) in [5.41, 5.74) is 0.574. The highest BCUT2D eigenvalue weighted by Gasteiger charge is 2.64. The molecule has 2 unspecified atom stereocenters. The molecule has 0 aromatic heterocycles. The number of aliphatic hydroxyl groups is 1. The number of ether oxygens (including phenoxy) is 2. The van der Waals surface area contributed by atoms with Crippen LogP contribution in [0.1, 0.15) is 25.8 Å². The van der Waals surface area contributed by atoms with Gasteiger partial charge in [0.1, 0.15) is 12.2 Å². The molecule has 1 aromatic carbocycles. The lowest BCUT2D eigenvalue weighted by Gasteiger charge is -2.56. The lowest BCUT2D eigenvalue weighted by molar-refractivity contribution is -0.0453. The van der Waals surface area contributed by atoms with E-state index in [4.69, 9.17) is 24.2 Å². The van der Waals surface area contributed by atoms with Crippen LogP contribution in [0.2, 0.25) is 0 Å². The number of methoxy groups -OCH3 is 1. The number of nitrogens with zero attached hydrogens (tertiary/aromatic N) is 1. The van der Waals surface area contributed by atoms with Crippen LogP contribution >= 0.6 is 0 Å². The molecule has 4 aliphatic rings. The highest BCUT2D eigenvalue weighted by atomic mass is 16.5. The molecule has 5 atom stereocenters. The van der Waals surface area contributed by atoms with Crippen LogP contribution < -0.4 is 9.47 Å². The summed E-state index contributed by atoms with van der Waals surface area (Å²) in [4.78, 5) is 2.21. The smallest absolute Gasteiger partial charge is 0.211 e. The molecular weight excluding hydrogens is 278 g/mol. The van der Waals surface area contributed by atoms with Gasteiger partial charge in [0.05, 0.1) is 15.3 Å². The molecule has 0 radical (unpaired) electrons. The van der Waals surface area contributed by atoms with Crippen molar-refractivity contribution in [2.24, 2.45) is 5.92 Å². The van der Waals surface area contributed by atoms with Crippen LogP contribution in [0, 0.1) is 5.92 Å². The van der Waals surface area contributed by atoms with Gasteiger partial charge in [0.15, 0.2) is 11.5 Å². The van der Waals surface area contributed by atoms with E-state index in [1.54, 1.807) is 0 Å². The molecule has 2 heterocycles. The minimum Gasteiger partial charge on any atom is -0.493 e. The van der Waals surface area contributed by atoms with Gasteiger partial charge in [0, 0.05) is 22.9 Å². The van der Waals surface area contributed by atoms with E-state index in [1.165, 1.54) is 6.08 Å². The molecule has 4 heteroatoms. The highest BCUT2D eigenvalue weighted by molar-refractivity contribution is 5.62. The summed E-state index contributed by atoms with van der Waals surface area (Å²) in [6, 6.07) is -0.348. The molecule has 2 aliphatic heterocycles. The van der Waals surface area contributed by atoms with Crippen molar-refractivity contribution in [1.82, 2.24) is 4.90 Å². The molecule has 22 heavy (non-hydrogen) atoms. The number of hydrogen-bond donors (Lipinski definition) is 1. The molecule has 116 valence electrons. The van der Waals surface area contributed by atoms with Crippen molar-refractivity contribution in [1.29, 1.82) is 1.43 Å². The van der Waals surface area contributed by atoms with Crippen molar-refractivity contribution in [2.75, 3.05) is 20.6 Å². The van der Waals surface area contributed by atoms with Crippen molar-refractivity contribution >= 4 is 0 Å². The average molecular weight is 306 g/mol. The van der Waals surface area contributed by atoms with Crippen LogP contribution in [-0.4, -0.2) is 50.3 Å². The number of likely N-dealkylation sites (tertiary alicyclic amines) is 1. The van der Waals surface area contributed by atoms with Crippen LogP contribution in [0.25, 0.3) is 0 Å². The van der Waals surface area contributed by atoms with Gasteiger partial charge in [0.25, 0.3) is 0 Å². The lowest BCUT2D eigenvalue weighted by Crippen LogP contribution is -2.64. The molecule has 1 N–H and O–H groups in total. The van der Waals surface area contributed by atoms with Crippen molar-refractivity contribution in [3.63, 3.8) is 0 Å². The zero-order valence-corrected chi connectivity index (χ0v) is 12.2. The summed E-state index contributed by atoms with van der Waals surface area (Å²) in [6.45, 7) is 0.729. The molecule has 0 saturated carbocycles. The van der Waals surface area contributed by atoms with E-state index in [1.807, 2.05) is 13.1 Å². The van der Waals surface area contributed by atoms with E-state index in [-0.39, 0.29) is 35.5 Å². The summed E-state index contributed by atoms with van der Waals surface area (Å²) < 4.78 is 66.9. The molecule has 0 amide bonds. The van der Waals surface area contributed by atoms with Crippen LogP contribution in [0.5, 0.6) is 11.5 Å². The van der Waals surface area contributed by atoms with Gasteiger partial charge in [-0.3, -0.25) is 0 Å². The van der Waals surface area contributed by atoms with Crippen molar-refractivity contribution in [3.05, 3.63) is 35.4 Å². The predicted octanol–water partition coefficient (Wildman–Crippen LogP) is 1.50. The Bertz CT molecular complexity index is 935. The predicted molar refractivity (Wildman–Crippen MR) is 82.5 cm³/mol. The second-order valence-electron chi connectivity index (χ2n) is 6.69. The zero-order valence-electron chi connectivity index (χ0n) is 19.2. The van der Waals surface area contributed by atoms with Crippen LogP contribution in [0.3, 0.4) is 0 Å². The first-order chi connectivity index (χ1) is 13.5. The van der Waals surface area contributed by atoms with Crippen molar-refractivity contribution < 1.29 is 22.8 Å². The third-order valence-corrected chi connectivity index (χ3v) is 5.93. The quantitative estimate of drug-likeness (QED) is 0.841. The second-order valence-corrected chi connectivity index (χ2v) is 6.69. The first kappa shape index (κ1) is 7.84. The number of hydrogen-bond acceptors (Lipinski definition) is 4. The standard InChI is InChI=1S/C18H21NO3/c1-19-8-7-18-11-4-5-13(20)17(18)22-16-14(21-2)6-3-10(15(16)18)9-12(11)19/h3-6,11-13,17,20H,7-9H2,1-2H3/t11-,12+,13?,17?,18-/m0/s1/i2D3,3D,6D,13D,20D. The minimum absolute atomic E-state index is 0.0368.